The van der Waals surface area contributed by atoms with Crippen LogP contribution in [-0.4, -0.2) is 43.8 Å². The number of sulfonamides is 1. The standard InChI is InChI=1S/C30H31N3O4S/c1-20-16-21(2)19-33(18-20)38(35,36)25-14-10-23(11-15-25)31-30(34)27-17-29(22-8-12-24(37-3)13-9-22)32-28-7-5-4-6-26(27)28/h4-15,17,20-21H,16,18-19H2,1-3H3,(H,31,34). The van der Waals surface area contributed by atoms with Crippen LogP contribution in [0.2, 0.25) is 0 Å². The van der Waals surface area contributed by atoms with Gasteiger partial charge in [-0.25, -0.2) is 13.4 Å². The van der Waals surface area contributed by atoms with Gasteiger partial charge in [0.1, 0.15) is 5.75 Å². The van der Waals surface area contributed by atoms with Gasteiger partial charge in [-0.05, 0) is 78.9 Å². The Morgan fingerprint density at radius 2 is 1.61 bits per heavy atom. The number of carbonyl (C=O) groups excluding carboxylic acids is 1. The lowest BCUT2D eigenvalue weighted by molar-refractivity contribution is 0.102. The van der Waals surface area contributed by atoms with Crippen LogP contribution in [0.5, 0.6) is 5.75 Å². The van der Waals surface area contributed by atoms with E-state index in [0.29, 0.717) is 47.4 Å². The lowest BCUT2D eigenvalue weighted by Crippen LogP contribution is -2.42. The van der Waals surface area contributed by atoms with Crippen molar-refractivity contribution in [1.29, 1.82) is 0 Å². The van der Waals surface area contributed by atoms with Crippen molar-refractivity contribution in [2.24, 2.45) is 11.8 Å². The first-order valence-electron chi connectivity index (χ1n) is 12.7. The van der Waals surface area contributed by atoms with Crippen LogP contribution in [0.1, 0.15) is 30.6 Å². The van der Waals surface area contributed by atoms with E-state index in [1.807, 2.05) is 48.5 Å². The molecule has 4 aromatic rings. The van der Waals surface area contributed by atoms with E-state index < -0.39 is 10.0 Å². The average molecular weight is 530 g/mol. The molecule has 196 valence electrons. The number of nitrogens with zero attached hydrogens (tertiary/aromatic N) is 2. The zero-order chi connectivity index (χ0) is 26.9. The molecule has 1 amide bonds. The predicted molar refractivity (Wildman–Crippen MR) is 150 cm³/mol. The summed E-state index contributed by atoms with van der Waals surface area (Å²) in [5.74, 6) is 1.09. The molecule has 0 bridgehead atoms. The van der Waals surface area contributed by atoms with Gasteiger partial charge in [-0.2, -0.15) is 4.31 Å². The number of fused-ring (bicyclic) bond motifs is 1. The minimum Gasteiger partial charge on any atom is -0.497 e. The highest BCUT2D eigenvalue weighted by molar-refractivity contribution is 7.89. The first kappa shape index (κ1) is 25.9. The molecule has 1 aliphatic rings. The number of benzene rings is 3. The highest BCUT2D eigenvalue weighted by atomic mass is 32.2. The molecule has 38 heavy (non-hydrogen) atoms. The maximum absolute atomic E-state index is 13.4. The second-order valence-corrected chi connectivity index (χ2v) is 12.0. The maximum atomic E-state index is 13.4. The number of amides is 1. The lowest BCUT2D eigenvalue weighted by atomic mass is 9.94. The van der Waals surface area contributed by atoms with E-state index in [0.717, 1.165) is 23.1 Å². The number of hydrogen-bond donors (Lipinski definition) is 1. The van der Waals surface area contributed by atoms with E-state index in [2.05, 4.69) is 19.2 Å². The number of piperidine rings is 1. The molecule has 0 aliphatic carbocycles. The monoisotopic (exact) mass is 529 g/mol. The number of hydrogen-bond acceptors (Lipinski definition) is 5. The molecular weight excluding hydrogens is 498 g/mol. The van der Waals surface area contributed by atoms with Crippen molar-refractivity contribution in [3.63, 3.8) is 0 Å². The number of aromatic nitrogens is 1. The number of pyridine rings is 1. The van der Waals surface area contributed by atoms with E-state index in [4.69, 9.17) is 9.72 Å². The number of ether oxygens (including phenoxy) is 1. The lowest BCUT2D eigenvalue weighted by Gasteiger charge is -2.34. The van der Waals surface area contributed by atoms with Gasteiger partial charge < -0.3 is 10.1 Å². The molecule has 2 atom stereocenters. The van der Waals surface area contributed by atoms with E-state index in [1.165, 1.54) is 0 Å². The summed E-state index contributed by atoms with van der Waals surface area (Å²) < 4.78 is 33.3. The van der Waals surface area contributed by atoms with E-state index in [9.17, 15) is 13.2 Å². The van der Waals surface area contributed by atoms with Crippen LogP contribution < -0.4 is 10.1 Å². The summed E-state index contributed by atoms with van der Waals surface area (Å²) >= 11 is 0. The summed E-state index contributed by atoms with van der Waals surface area (Å²) in [7, 11) is -1.98. The van der Waals surface area contributed by atoms with Gasteiger partial charge >= 0.3 is 0 Å². The largest absolute Gasteiger partial charge is 0.497 e. The zero-order valence-corrected chi connectivity index (χ0v) is 22.5. The number of nitrogens with one attached hydrogen (secondary N) is 1. The van der Waals surface area contributed by atoms with Crippen LogP contribution in [-0.2, 0) is 10.0 Å². The fraction of sp³-hybridized carbons (Fsp3) is 0.267. The first-order valence-corrected chi connectivity index (χ1v) is 14.1. The molecule has 1 saturated heterocycles. The molecule has 7 nitrogen and oxygen atoms in total. The summed E-state index contributed by atoms with van der Waals surface area (Å²) in [6.45, 7) is 5.22. The highest BCUT2D eigenvalue weighted by Crippen LogP contribution is 2.29. The van der Waals surface area contributed by atoms with Crippen molar-refractivity contribution in [1.82, 2.24) is 9.29 Å². The fourth-order valence-corrected chi connectivity index (χ4v) is 6.81. The van der Waals surface area contributed by atoms with Crippen LogP contribution in [0.4, 0.5) is 5.69 Å². The summed E-state index contributed by atoms with van der Waals surface area (Å²) in [5, 5.41) is 3.66. The number of anilines is 1. The van der Waals surface area contributed by atoms with Gasteiger partial charge in [0.15, 0.2) is 0 Å². The second kappa shape index (κ2) is 10.6. The number of carbonyl (C=O) groups is 1. The highest BCUT2D eigenvalue weighted by Gasteiger charge is 2.31. The maximum Gasteiger partial charge on any atom is 0.256 e. The van der Waals surface area contributed by atoms with Crippen LogP contribution in [0.3, 0.4) is 0 Å². The van der Waals surface area contributed by atoms with Crippen molar-refractivity contribution >= 4 is 32.5 Å². The van der Waals surface area contributed by atoms with Gasteiger partial charge in [0, 0.05) is 29.7 Å². The van der Waals surface area contributed by atoms with Crippen molar-refractivity contribution < 1.29 is 17.9 Å². The molecular formula is C30H31N3O4S. The van der Waals surface area contributed by atoms with E-state index >= 15 is 0 Å². The molecule has 5 rings (SSSR count). The Morgan fingerprint density at radius 3 is 2.26 bits per heavy atom. The Kier molecular flexibility index (Phi) is 7.19. The Labute approximate surface area is 223 Å². The first-order chi connectivity index (χ1) is 18.2. The summed E-state index contributed by atoms with van der Waals surface area (Å²) in [4.78, 5) is 18.4. The van der Waals surface area contributed by atoms with Gasteiger partial charge in [0.25, 0.3) is 5.91 Å². The van der Waals surface area contributed by atoms with E-state index in [1.54, 1.807) is 41.7 Å². The number of para-hydroxylation sites is 1. The zero-order valence-electron chi connectivity index (χ0n) is 21.7. The molecule has 1 aliphatic heterocycles. The average Bonchev–Trinajstić information content (AvgIpc) is 2.92. The summed E-state index contributed by atoms with van der Waals surface area (Å²) in [5.41, 5.74) is 3.23. The molecule has 2 heterocycles. The summed E-state index contributed by atoms with van der Waals surface area (Å²) in [6, 6.07) is 23.2. The quantitative estimate of drug-likeness (QED) is 0.340. The third-order valence-corrected chi connectivity index (χ3v) is 8.78. The third kappa shape index (κ3) is 5.28. The topological polar surface area (TPSA) is 88.6 Å². The number of methoxy groups -OCH3 is 1. The second-order valence-electron chi connectivity index (χ2n) is 10.0. The Hall–Kier alpha value is -3.75. The smallest absolute Gasteiger partial charge is 0.256 e. The van der Waals surface area contributed by atoms with Crippen LogP contribution in [0.15, 0.2) is 83.8 Å². The molecule has 0 spiro atoms. The molecule has 1 fully saturated rings. The van der Waals surface area contributed by atoms with Gasteiger partial charge in [-0.3, -0.25) is 4.79 Å². The third-order valence-electron chi connectivity index (χ3n) is 6.93. The van der Waals surface area contributed by atoms with Crippen LogP contribution in [0.25, 0.3) is 22.2 Å². The Morgan fingerprint density at radius 1 is 0.947 bits per heavy atom. The molecule has 2 unspecified atom stereocenters. The van der Waals surface area contributed by atoms with Gasteiger partial charge in [-0.1, -0.05) is 32.0 Å². The molecule has 8 heteroatoms. The molecule has 0 saturated carbocycles. The van der Waals surface area contributed by atoms with Crippen molar-refractivity contribution in [3.8, 4) is 17.0 Å². The van der Waals surface area contributed by atoms with Gasteiger partial charge in [-0.15, -0.1) is 0 Å². The normalized spacial score (nSPS) is 18.3. The van der Waals surface area contributed by atoms with Crippen LogP contribution >= 0.6 is 0 Å². The Bertz CT molecular complexity index is 1560. The molecule has 1 aromatic heterocycles. The minimum atomic E-state index is -3.59. The van der Waals surface area contributed by atoms with Gasteiger partial charge in [0.2, 0.25) is 10.0 Å². The SMILES string of the molecule is COc1ccc(-c2cc(C(=O)Nc3ccc(S(=O)(=O)N4CC(C)CC(C)C4)cc3)c3ccccc3n2)cc1. The van der Waals surface area contributed by atoms with Gasteiger partial charge in [0.05, 0.1) is 28.8 Å². The summed E-state index contributed by atoms with van der Waals surface area (Å²) in [6.07, 6.45) is 1.03. The van der Waals surface area contributed by atoms with Crippen molar-refractivity contribution in [2.75, 3.05) is 25.5 Å². The predicted octanol–water partition coefficient (Wildman–Crippen LogP) is 5.83. The van der Waals surface area contributed by atoms with Crippen LogP contribution in [0, 0.1) is 11.8 Å². The van der Waals surface area contributed by atoms with Crippen molar-refractivity contribution in [2.45, 2.75) is 25.2 Å². The minimum absolute atomic E-state index is 0.230. The van der Waals surface area contributed by atoms with Crippen molar-refractivity contribution in [3.05, 3.63) is 84.4 Å². The van der Waals surface area contributed by atoms with E-state index in [-0.39, 0.29) is 10.8 Å². The Balaban J connectivity index is 1.41. The fourth-order valence-electron chi connectivity index (χ4n) is 5.13. The molecule has 0 radical (unpaired) electrons. The number of rotatable bonds is 6. The molecule has 3 aromatic carbocycles. The molecule has 1 N–H and O–H groups in total.